The number of likely N-dealkylation sites (N-methyl/N-ethyl adjacent to an activating group) is 1. The third kappa shape index (κ3) is 2.80. The number of rotatable bonds is 3. The van der Waals surface area contributed by atoms with Crippen molar-refractivity contribution in [1.29, 1.82) is 5.26 Å². The number of nitriles is 1. The predicted molar refractivity (Wildman–Crippen MR) is 64.6 cm³/mol. The van der Waals surface area contributed by atoms with Gasteiger partial charge in [0, 0.05) is 19.2 Å². The fourth-order valence-electron chi connectivity index (χ4n) is 2.01. The molecule has 0 aromatic heterocycles. The van der Waals surface area contributed by atoms with Crippen molar-refractivity contribution in [3.8, 4) is 11.8 Å². The number of nitro benzene ring substituents is 1. The van der Waals surface area contributed by atoms with Gasteiger partial charge in [-0.3, -0.25) is 15.0 Å². The molecule has 1 saturated heterocycles. The van der Waals surface area contributed by atoms with Crippen LogP contribution in [0.3, 0.4) is 0 Å². The van der Waals surface area contributed by atoms with Crippen molar-refractivity contribution in [3.63, 3.8) is 0 Å². The largest absolute Gasteiger partial charge is 0.479 e. The highest BCUT2D eigenvalue weighted by molar-refractivity contribution is 5.51. The summed E-state index contributed by atoms with van der Waals surface area (Å²) in [7, 11) is 1.75. The standard InChI is InChI=1S/C12H12FN3O3/c1-15-6-9(13)12(7-15)19-11-3-2-8(5-14)4-10(11)16(17)18/h2-4,9,12H,6-7H2,1H3. The quantitative estimate of drug-likeness (QED) is 0.611. The zero-order valence-corrected chi connectivity index (χ0v) is 10.2. The average molecular weight is 265 g/mol. The Kier molecular flexibility index (Phi) is 3.62. The third-order valence-corrected chi connectivity index (χ3v) is 2.94. The lowest BCUT2D eigenvalue weighted by atomic mass is 10.2. The van der Waals surface area contributed by atoms with E-state index in [-0.39, 0.29) is 23.5 Å². The Morgan fingerprint density at radius 2 is 2.32 bits per heavy atom. The Labute approximate surface area is 109 Å². The molecule has 6 nitrogen and oxygen atoms in total. The van der Waals surface area contributed by atoms with Crippen molar-refractivity contribution in [1.82, 2.24) is 4.90 Å². The van der Waals surface area contributed by atoms with Crippen molar-refractivity contribution >= 4 is 5.69 Å². The Balaban J connectivity index is 2.25. The van der Waals surface area contributed by atoms with Crippen LogP contribution in [0.1, 0.15) is 5.56 Å². The number of nitro groups is 1. The molecular weight excluding hydrogens is 253 g/mol. The van der Waals surface area contributed by atoms with Gasteiger partial charge >= 0.3 is 5.69 Å². The molecule has 2 rings (SSSR count). The Morgan fingerprint density at radius 3 is 2.84 bits per heavy atom. The molecule has 0 saturated carbocycles. The second-order valence-electron chi connectivity index (χ2n) is 4.44. The van der Waals surface area contributed by atoms with Crippen LogP contribution >= 0.6 is 0 Å². The molecule has 0 radical (unpaired) electrons. The van der Waals surface area contributed by atoms with Crippen LogP contribution in [0.25, 0.3) is 0 Å². The summed E-state index contributed by atoms with van der Waals surface area (Å²) < 4.78 is 19.0. The highest BCUT2D eigenvalue weighted by Gasteiger charge is 2.34. The van der Waals surface area contributed by atoms with Crippen LogP contribution in [-0.4, -0.2) is 42.2 Å². The van der Waals surface area contributed by atoms with Crippen molar-refractivity contribution in [2.24, 2.45) is 0 Å². The minimum absolute atomic E-state index is 0.00745. The summed E-state index contributed by atoms with van der Waals surface area (Å²) >= 11 is 0. The lowest BCUT2D eigenvalue weighted by molar-refractivity contribution is -0.386. The first-order valence-electron chi connectivity index (χ1n) is 5.69. The van der Waals surface area contributed by atoms with Crippen molar-refractivity contribution in [2.75, 3.05) is 20.1 Å². The van der Waals surface area contributed by atoms with Crippen LogP contribution in [-0.2, 0) is 0 Å². The molecule has 0 spiro atoms. The fraction of sp³-hybridized carbons (Fsp3) is 0.417. The molecule has 1 fully saturated rings. The molecule has 19 heavy (non-hydrogen) atoms. The van der Waals surface area contributed by atoms with E-state index in [1.54, 1.807) is 11.9 Å². The second kappa shape index (κ2) is 5.20. The van der Waals surface area contributed by atoms with Crippen molar-refractivity contribution in [2.45, 2.75) is 12.3 Å². The molecule has 0 bridgehead atoms. The smallest absolute Gasteiger partial charge is 0.312 e. The molecule has 0 amide bonds. The number of hydrogen-bond donors (Lipinski definition) is 0. The molecule has 0 N–H and O–H groups in total. The maximum atomic E-state index is 13.6. The first-order valence-corrected chi connectivity index (χ1v) is 5.69. The van der Waals surface area contributed by atoms with Gasteiger partial charge in [0.1, 0.15) is 6.10 Å². The summed E-state index contributed by atoms with van der Waals surface area (Å²) in [6.07, 6.45) is -1.91. The van der Waals surface area contributed by atoms with Gasteiger partial charge in [0.25, 0.3) is 0 Å². The van der Waals surface area contributed by atoms with Gasteiger partial charge in [-0.15, -0.1) is 0 Å². The number of ether oxygens (including phenoxy) is 1. The average Bonchev–Trinajstić information content (AvgIpc) is 2.68. The number of hydrogen-bond acceptors (Lipinski definition) is 5. The molecule has 1 aromatic rings. The van der Waals surface area contributed by atoms with E-state index in [1.807, 2.05) is 6.07 Å². The molecular formula is C12H12FN3O3. The first-order chi connectivity index (χ1) is 9.01. The summed E-state index contributed by atoms with van der Waals surface area (Å²) in [5.74, 6) is -0.00745. The number of alkyl halides is 1. The molecule has 1 aliphatic heterocycles. The van der Waals surface area contributed by atoms with Crippen LogP contribution in [0.4, 0.5) is 10.1 Å². The van der Waals surface area contributed by atoms with Crippen molar-refractivity contribution in [3.05, 3.63) is 33.9 Å². The van der Waals surface area contributed by atoms with Gasteiger partial charge < -0.3 is 4.74 Å². The van der Waals surface area contributed by atoms with E-state index >= 15 is 0 Å². The Bertz CT molecular complexity index is 544. The predicted octanol–water partition coefficient (Wildman–Crippen LogP) is 1.50. The lowest BCUT2D eigenvalue weighted by Crippen LogP contribution is -2.27. The zero-order chi connectivity index (χ0) is 14.0. The van der Waals surface area contributed by atoms with Gasteiger partial charge in [-0.2, -0.15) is 5.26 Å². The monoisotopic (exact) mass is 265 g/mol. The molecule has 100 valence electrons. The van der Waals surface area contributed by atoms with E-state index in [0.717, 1.165) is 6.07 Å². The van der Waals surface area contributed by atoms with Gasteiger partial charge in [-0.25, -0.2) is 4.39 Å². The molecule has 2 atom stereocenters. The van der Waals surface area contributed by atoms with Crippen LogP contribution in [0, 0.1) is 21.4 Å². The summed E-state index contributed by atoms with van der Waals surface area (Å²) in [5.41, 5.74) is -0.153. The number of nitrogens with zero attached hydrogens (tertiary/aromatic N) is 3. The van der Waals surface area contributed by atoms with Gasteiger partial charge in [-0.05, 0) is 19.2 Å². The topological polar surface area (TPSA) is 79.4 Å². The van der Waals surface area contributed by atoms with E-state index in [2.05, 4.69) is 0 Å². The van der Waals surface area contributed by atoms with Gasteiger partial charge in [-0.1, -0.05) is 0 Å². The van der Waals surface area contributed by atoms with Crippen LogP contribution in [0.15, 0.2) is 18.2 Å². The van der Waals surface area contributed by atoms with Crippen LogP contribution in [0.2, 0.25) is 0 Å². The molecule has 2 unspecified atom stereocenters. The lowest BCUT2D eigenvalue weighted by Gasteiger charge is -2.15. The fourth-order valence-corrected chi connectivity index (χ4v) is 2.01. The van der Waals surface area contributed by atoms with E-state index in [0.29, 0.717) is 6.54 Å². The van der Waals surface area contributed by atoms with Gasteiger partial charge in [0.15, 0.2) is 11.9 Å². The Morgan fingerprint density at radius 1 is 1.58 bits per heavy atom. The van der Waals surface area contributed by atoms with Gasteiger partial charge in [0.05, 0.1) is 16.6 Å². The summed E-state index contributed by atoms with van der Waals surface area (Å²) in [4.78, 5) is 12.0. The SMILES string of the molecule is CN1CC(F)C(Oc2ccc(C#N)cc2[N+](=O)[O-])C1. The highest BCUT2D eigenvalue weighted by Crippen LogP contribution is 2.30. The van der Waals surface area contributed by atoms with Crippen LogP contribution < -0.4 is 4.74 Å². The molecule has 1 aromatic carbocycles. The minimum Gasteiger partial charge on any atom is -0.479 e. The summed E-state index contributed by atoms with van der Waals surface area (Å²) in [5, 5.41) is 19.6. The highest BCUT2D eigenvalue weighted by atomic mass is 19.1. The zero-order valence-electron chi connectivity index (χ0n) is 10.2. The Hall–Kier alpha value is -2.20. The summed E-state index contributed by atoms with van der Waals surface area (Å²) in [6, 6.07) is 5.69. The van der Waals surface area contributed by atoms with E-state index in [1.165, 1.54) is 12.1 Å². The molecule has 7 heteroatoms. The number of likely N-dealkylation sites (tertiary alicyclic amines) is 1. The summed E-state index contributed by atoms with van der Waals surface area (Å²) in [6.45, 7) is 0.618. The second-order valence-corrected chi connectivity index (χ2v) is 4.44. The number of halogens is 1. The first kappa shape index (κ1) is 13.2. The van der Waals surface area contributed by atoms with Crippen molar-refractivity contribution < 1.29 is 14.1 Å². The maximum absolute atomic E-state index is 13.6. The van der Waals surface area contributed by atoms with E-state index < -0.39 is 17.2 Å². The maximum Gasteiger partial charge on any atom is 0.312 e. The van der Waals surface area contributed by atoms with E-state index in [9.17, 15) is 14.5 Å². The van der Waals surface area contributed by atoms with Crippen LogP contribution in [0.5, 0.6) is 5.75 Å². The molecule has 0 aliphatic carbocycles. The molecule has 1 heterocycles. The third-order valence-electron chi connectivity index (χ3n) is 2.94. The molecule has 1 aliphatic rings. The van der Waals surface area contributed by atoms with E-state index in [4.69, 9.17) is 10.00 Å². The normalized spacial score (nSPS) is 23.0. The van der Waals surface area contributed by atoms with Gasteiger partial charge in [0.2, 0.25) is 0 Å². The minimum atomic E-state index is -1.18. The number of benzene rings is 1.